The Bertz CT molecular complexity index is 1160. The number of ether oxygens (including phenoxy) is 3. The number of hydrogen-bond donors (Lipinski definition) is 0. The molecule has 0 saturated carbocycles. The van der Waals surface area contributed by atoms with Gasteiger partial charge in [0.15, 0.2) is 6.10 Å². The summed E-state index contributed by atoms with van der Waals surface area (Å²) in [5.41, 5.74) is 0. The summed E-state index contributed by atoms with van der Waals surface area (Å²) in [6.45, 7) is 6.57. The van der Waals surface area contributed by atoms with E-state index < -0.39 is 6.10 Å². The topological polar surface area (TPSA) is 78.9 Å². The summed E-state index contributed by atoms with van der Waals surface area (Å²) in [5.74, 6) is -0.860. The first kappa shape index (κ1) is 66.6. The molecule has 0 aliphatic rings. The van der Waals surface area contributed by atoms with Gasteiger partial charge in [-0.05, 0) is 51.4 Å². The Morgan fingerprint density at radius 3 is 0.884 bits per heavy atom. The SMILES string of the molecule is CC/C=C\C/C=C\C/C=C\CCCCCCCCCC(=O)OC(COC(=O)CCCCCCCCCCCCCC)COC(=O)CCCCCCCCCCCCCCCCCCCCCCCC. The second-order valence-corrected chi connectivity index (χ2v) is 20.6. The van der Waals surface area contributed by atoms with Gasteiger partial charge in [-0.2, -0.15) is 0 Å². The monoisotopic (exact) mass is 969 g/mol. The lowest BCUT2D eigenvalue weighted by molar-refractivity contribution is -0.167. The van der Waals surface area contributed by atoms with Gasteiger partial charge >= 0.3 is 17.9 Å². The second kappa shape index (κ2) is 58.2. The van der Waals surface area contributed by atoms with Gasteiger partial charge in [-0.3, -0.25) is 14.4 Å². The van der Waals surface area contributed by atoms with E-state index in [4.69, 9.17) is 14.2 Å². The molecule has 0 rings (SSSR count). The molecule has 0 aromatic heterocycles. The van der Waals surface area contributed by atoms with Crippen LogP contribution in [-0.4, -0.2) is 37.2 Å². The van der Waals surface area contributed by atoms with Crippen molar-refractivity contribution in [3.63, 3.8) is 0 Å². The normalized spacial score (nSPS) is 12.2. The van der Waals surface area contributed by atoms with Crippen LogP contribution in [0.15, 0.2) is 36.5 Å². The summed E-state index contributed by atoms with van der Waals surface area (Å²) < 4.78 is 16.9. The molecule has 0 aromatic rings. The molecule has 0 amide bonds. The fourth-order valence-electron chi connectivity index (χ4n) is 9.11. The standard InChI is InChI=1S/C63H116O6/c1-4-7-10-13-16-19-22-25-27-29-30-31-32-33-35-36-38-41-44-47-50-53-56-62(65)68-59-60(58-67-61(64)55-52-49-46-43-40-24-21-18-15-12-9-6-3)69-63(66)57-54-51-48-45-42-39-37-34-28-26-23-20-17-14-11-8-5-2/h8,11,17,20,26,28,60H,4-7,9-10,12-16,18-19,21-25,27,29-59H2,1-3H3/b11-8-,20-17-,28-26-. The predicted octanol–water partition coefficient (Wildman–Crippen LogP) is 20.4. The summed E-state index contributed by atoms with van der Waals surface area (Å²) >= 11 is 0. The lowest BCUT2D eigenvalue weighted by atomic mass is 10.0. The molecule has 6 heteroatoms. The van der Waals surface area contributed by atoms with Crippen molar-refractivity contribution < 1.29 is 28.6 Å². The summed E-state index contributed by atoms with van der Waals surface area (Å²) in [7, 11) is 0. The highest BCUT2D eigenvalue weighted by Crippen LogP contribution is 2.17. The quantitative estimate of drug-likeness (QED) is 0.0261. The average molecular weight is 970 g/mol. The zero-order valence-electron chi connectivity index (χ0n) is 46.3. The largest absolute Gasteiger partial charge is 0.462 e. The van der Waals surface area contributed by atoms with Crippen LogP contribution in [0.5, 0.6) is 0 Å². The van der Waals surface area contributed by atoms with Gasteiger partial charge in [-0.25, -0.2) is 0 Å². The van der Waals surface area contributed by atoms with Crippen LogP contribution in [0, 0.1) is 0 Å². The summed E-state index contributed by atoms with van der Waals surface area (Å²) in [5, 5.41) is 0. The van der Waals surface area contributed by atoms with Gasteiger partial charge in [0, 0.05) is 19.3 Å². The highest BCUT2D eigenvalue weighted by atomic mass is 16.6. The fraction of sp³-hybridized carbons (Fsp3) is 0.857. The third-order valence-electron chi connectivity index (χ3n) is 13.7. The van der Waals surface area contributed by atoms with Crippen molar-refractivity contribution in [3.8, 4) is 0 Å². The molecule has 0 saturated heterocycles. The van der Waals surface area contributed by atoms with E-state index in [0.717, 1.165) is 83.5 Å². The van der Waals surface area contributed by atoms with Crippen molar-refractivity contribution >= 4 is 17.9 Å². The van der Waals surface area contributed by atoms with Gasteiger partial charge < -0.3 is 14.2 Å². The van der Waals surface area contributed by atoms with Crippen LogP contribution >= 0.6 is 0 Å². The summed E-state index contributed by atoms with van der Waals surface area (Å²) in [6.07, 6.45) is 70.0. The number of unbranched alkanes of at least 4 members (excludes halogenated alkanes) is 39. The first-order valence-electron chi connectivity index (χ1n) is 30.5. The van der Waals surface area contributed by atoms with Crippen LogP contribution < -0.4 is 0 Å². The predicted molar refractivity (Wildman–Crippen MR) is 298 cm³/mol. The minimum Gasteiger partial charge on any atom is -0.462 e. The molecular weight excluding hydrogens is 853 g/mol. The third-order valence-corrected chi connectivity index (χ3v) is 13.7. The number of hydrogen-bond acceptors (Lipinski definition) is 6. The maximum atomic E-state index is 12.9. The van der Waals surface area contributed by atoms with Crippen LogP contribution in [0.3, 0.4) is 0 Å². The number of carbonyl (C=O) groups excluding carboxylic acids is 3. The number of carbonyl (C=O) groups is 3. The number of rotatable bonds is 56. The van der Waals surface area contributed by atoms with Gasteiger partial charge in [0.25, 0.3) is 0 Å². The van der Waals surface area contributed by atoms with Crippen molar-refractivity contribution in [2.24, 2.45) is 0 Å². The molecule has 69 heavy (non-hydrogen) atoms. The Labute approximate surface area is 429 Å². The Morgan fingerprint density at radius 2 is 0.565 bits per heavy atom. The molecule has 0 heterocycles. The smallest absolute Gasteiger partial charge is 0.306 e. The Balaban J connectivity index is 4.26. The van der Waals surface area contributed by atoms with Crippen molar-refractivity contribution in [2.45, 2.75) is 335 Å². The Morgan fingerprint density at radius 1 is 0.304 bits per heavy atom. The molecule has 0 bridgehead atoms. The van der Waals surface area contributed by atoms with Gasteiger partial charge in [-0.1, -0.05) is 295 Å². The average Bonchev–Trinajstić information content (AvgIpc) is 3.35. The molecule has 6 nitrogen and oxygen atoms in total. The van der Waals surface area contributed by atoms with E-state index in [1.807, 2.05) is 0 Å². The first-order chi connectivity index (χ1) is 34.0. The van der Waals surface area contributed by atoms with E-state index >= 15 is 0 Å². The molecule has 0 aliphatic heterocycles. The van der Waals surface area contributed by atoms with E-state index in [1.165, 1.54) is 205 Å². The molecule has 0 aliphatic carbocycles. The van der Waals surface area contributed by atoms with E-state index in [1.54, 1.807) is 0 Å². The van der Waals surface area contributed by atoms with Crippen LogP contribution in [0.2, 0.25) is 0 Å². The zero-order chi connectivity index (χ0) is 50.0. The summed E-state index contributed by atoms with van der Waals surface area (Å²) in [4.78, 5) is 38.2. The first-order valence-corrected chi connectivity index (χ1v) is 30.5. The second-order valence-electron chi connectivity index (χ2n) is 20.6. The molecule has 0 aromatic carbocycles. The van der Waals surface area contributed by atoms with Crippen LogP contribution in [-0.2, 0) is 28.6 Å². The van der Waals surface area contributed by atoms with Crippen molar-refractivity contribution in [2.75, 3.05) is 13.2 Å². The van der Waals surface area contributed by atoms with Gasteiger partial charge in [0.1, 0.15) is 13.2 Å². The molecule has 1 unspecified atom stereocenters. The van der Waals surface area contributed by atoms with Crippen molar-refractivity contribution in [1.29, 1.82) is 0 Å². The highest BCUT2D eigenvalue weighted by Gasteiger charge is 2.19. The highest BCUT2D eigenvalue weighted by molar-refractivity contribution is 5.71. The maximum absolute atomic E-state index is 12.9. The van der Waals surface area contributed by atoms with E-state index in [-0.39, 0.29) is 31.1 Å². The van der Waals surface area contributed by atoms with Gasteiger partial charge in [0.05, 0.1) is 0 Å². The minimum absolute atomic E-state index is 0.0711. The van der Waals surface area contributed by atoms with Crippen molar-refractivity contribution in [1.82, 2.24) is 0 Å². The maximum Gasteiger partial charge on any atom is 0.306 e. The molecular formula is C63H116O6. The molecule has 0 fully saturated rings. The van der Waals surface area contributed by atoms with E-state index in [0.29, 0.717) is 19.3 Å². The van der Waals surface area contributed by atoms with Gasteiger partial charge in [0.2, 0.25) is 0 Å². The molecule has 1 atom stereocenters. The lowest BCUT2D eigenvalue weighted by Gasteiger charge is -2.18. The van der Waals surface area contributed by atoms with E-state index in [2.05, 4.69) is 57.2 Å². The molecule has 404 valence electrons. The molecule has 0 N–H and O–H groups in total. The molecule has 0 radical (unpaired) electrons. The van der Waals surface area contributed by atoms with Crippen molar-refractivity contribution in [3.05, 3.63) is 36.5 Å². The Kier molecular flexibility index (Phi) is 56.2. The van der Waals surface area contributed by atoms with Gasteiger partial charge in [-0.15, -0.1) is 0 Å². The van der Waals surface area contributed by atoms with Crippen LogP contribution in [0.25, 0.3) is 0 Å². The summed E-state index contributed by atoms with van der Waals surface area (Å²) in [6, 6.07) is 0. The molecule has 0 spiro atoms. The number of esters is 3. The lowest BCUT2D eigenvalue weighted by Crippen LogP contribution is -2.30. The van der Waals surface area contributed by atoms with Crippen LogP contribution in [0.4, 0.5) is 0 Å². The number of allylic oxidation sites excluding steroid dienone is 6. The Hall–Kier alpha value is -2.37. The third kappa shape index (κ3) is 56.4. The van der Waals surface area contributed by atoms with E-state index in [9.17, 15) is 14.4 Å². The fourth-order valence-corrected chi connectivity index (χ4v) is 9.11. The minimum atomic E-state index is -0.773. The zero-order valence-corrected chi connectivity index (χ0v) is 46.3. The van der Waals surface area contributed by atoms with Crippen LogP contribution in [0.1, 0.15) is 329 Å².